The number of nitrogens with one attached hydrogen (secondary N) is 1. The molecule has 3 rings (SSSR count). The number of anilines is 1. The molecule has 1 aromatic heterocycles. The zero-order valence-corrected chi connectivity index (χ0v) is 17.0. The van der Waals surface area contributed by atoms with Crippen LogP contribution < -0.4 is 5.32 Å². The summed E-state index contributed by atoms with van der Waals surface area (Å²) in [6, 6.07) is 14.0. The molecule has 0 atom stereocenters. The number of sulfone groups is 1. The first-order chi connectivity index (χ1) is 13.4. The second-order valence-electron chi connectivity index (χ2n) is 6.04. The van der Waals surface area contributed by atoms with E-state index in [-0.39, 0.29) is 29.0 Å². The van der Waals surface area contributed by atoms with Crippen molar-refractivity contribution >= 4 is 33.5 Å². The third-order valence-corrected chi connectivity index (χ3v) is 6.51. The summed E-state index contributed by atoms with van der Waals surface area (Å²) < 4.78 is 30.1. The van der Waals surface area contributed by atoms with Gasteiger partial charge in [0.15, 0.2) is 9.84 Å². The molecule has 1 N–H and O–H groups in total. The Balaban J connectivity index is 1.63. The summed E-state index contributed by atoms with van der Waals surface area (Å²) >= 11 is 1.54. The number of rotatable bonds is 7. The van der Waals surface area contributed by atoms with Gasteiger partial charge in [0.25, 0.3) is 5.89 Å². The zero-order chi connectivity index (χ0) is 20.1. The Morgan fingerprint density at radius 2 is 1.82 bits per heavy atom. The molecule has 0 fully saturated rings. The smallest absolute Gasteiger partial charge is 0.322 e. The molecule has 0 aliphatic heterocycles. The Morgan fingerprint density at radius 3 is 2.54 bits per heavy atom. The summed E-state index contributed by atoms with van der Waals surface area (Å²) in [5.41, 5.74) is 1.73. The Morgan fingerprint density at radius 1 is 1.11 bits per heavy atom. The fraction of sp³-hybridized carbons (Fsp3) is 0.211. The second-order valence-corrected chi connectivity index (χ2v) is 9.00. The van der Waals surface area contributed by atoms with Crippen molar-refractivity contribution in [1.29, 1.82) is 0 Å². The van der Waals surface area contributed by atoms with E-state index in [1.165, 1.54) is 12.1 Å². The van der Waals surface area contributed by atoms with Crippen LogP contribution >= 0.6 is 11.8 Å². The van der Waals surface area contributed by atoms with Crippen LogP contribution in [-0.2, 0) is 14.6 Å². The van der Waals surface area contributed by atoms with E-state index in [1.807, 2.05) is 37.4 Å². The molecule has 9 heteroatoms. The van der Waals surface area contributed by atoms with E-state index in [2.05, 4.69) is 15.5 Å². The van der Waals surface area contributed by atoms with E-state index < -0.39 is 15.7 Å². The minimum absolute atomic E-state index is 0.0661. The van der Waals surface area contributed by atoms with Crippen molar-refractivity contribution in [2.75, 3.05) is 17.3 Å². The van der Waals surface area contributed by atoms with Crippen LogP contribution in [0, 0.1) is 6.92 Å². The number of aryl methyl sites for hydroxylation is 1. The lowest BCUT2D eigenvalue weighted by Crippen LogP contribution is -2.17. The maximum Gasteiger partial charge on any atom is 0.322 e. The molecule has 2 aromatic carbocycles. The number of benzene rings is 2. The number of aromatic nitrogens is 2. The summed E-state index contributed by atoms with van der Waals surface area (Å²) in [6.45, 7) is 1.88. The maximum absolute atomic E-state index is 12.3. The van der Waals surface area contributed by atoms with Gasteiger partial charge in [-0.25, -0.2) is 8.42 Å². The van der Waals surface area contributed by atoms with Gasteiger partial charge >= 0.3 is 6.01 Å². The Labute approximate surface area is 167 Å². The molecule has 28 heavy (non-hydrogen) atoms. The molecule has 0 aliphatic carbocycles. The predicted octanol–water partition coefficient (Wildman–Crippen LogP) is 3.57. The lowest BCUT2D eigenvalue weighted by molar-refractivity contribution is -0.115. The van der Waals surface area contributed by atoms with Crippen LogP contribution in [0.1, 0.15) is 12.0 Å². The van der Waals surface area contributed by atoms with Gasteiger partial charge in [0.05, 0.1) is 16.2 Å². The van der Waals surface area contributed by atoms with Gasteiger partial charge in [-0.3, -0.25) is 10.1 Å². The predicted molar refractivity (Wildman–Crippen MR) is 108 cm³/mol. The summed E-state index contributed by atoms with van der Waals surface area (Å²) in [4.78, 5) is 13.3. The van der Waals surface area contributed by atoms with Gasteiger partial charge in [0.2, 0.25) is 5.91 Å². The van der Waals surface area contributed by atoms with Crippen molar-refractivity contribution in [2.24, 2.45) is 0 Å². The minimum atomic E-state index is -3.54. The Bertz CT molecular complexity index is 1080. The van der Waals surface area contributed by atoms with Crippen molar-refractivity contribution in [1.82, 2.24) is 10.2 Å². The average molecular weight is 418 g/mol. The van der Waals surface area contributed by atoms with Crippen LogP contribution in [-0.4, -0.2) is 36.5 Å². The summed E-state index contributed by atoms with van der Waals surface area (Å²) in [7, 11) is -3.54. The largest absolute Gasteiger partial charge is 0.403 e. The van der Waals surface area contributed by atoms with Gasteiger partial charge in [0.1, 0.15) is 0 Å². The number of hydrogen-bond acceptors (Lipinski definition) is 7. The van der Waals surface area contributed by atoms with E-state index in [9.17, 15) is 13.2 Å². The van der Waals surface area contributed by atoms with Crippen molar-refractivity contribution in [3.63, 3.8) is 0 Å². The molecule has 0 spiro atoms. The first-order valence-electron chi connectivity index (χ1n) is 8.45. The third-order valence-electron chi connectivity index (χ3n) is 3.99. The van der Waals surface area contributed by atoms with E-state index in [1.54, 1.807) is 23.9 Å². The van der Waals surface area contributed by atoms with Crippen LogP contribution in [0.25, 0.3) is 11.5 Å². The Kier molecular flexibility index (Phi) is 6.15. The van der Waals surface area contributed by atoms with Crippen molar-refractivity contribution < 1.29 is 17.6 Å². The highest BCUT2D eigenvalue weighted by Crippen LogP contribution is 2.29. The zero-order valence-electron chi connectivity index (χ0n) is 15.4. The van der Waals surface area contributed by atoms with Gasteiger partial charge in [-0.1, -0.05) is 34.9 Å². The molecule has 0 aliphatic rings. The van der Waals surface area contributed by atoms with Gasteiger partial charge in [-0.2, -0.15) is 0 Å². The first kappa shape index (κ1) is 20.1. The summed E-state index contributed by atoms with van der Waals surface area (Å²) in [6.07, 6.45) is 1.72. The lowest BCUT2D eigenvalue weighted by Gasteiger charge is -2.05. The van der Waals surface area contributed by atoms with Crippen molar-refractivity contribution in [2.45, 2.75) is 23.1 Å². The van der Waals surface area contributed by atoms with E-state index in [4.69, 9.17) is 4.42 Å². The molecule has 1 heterocycles. The van der Waals surface area contributed by atoms with Crippen LogP contribution in [0.15, 0.2) is 62.7 Å². The fourth-order valence-corrected chi connectivity index (χ4v) is 4.31. The summed E-state index contributed by atoms with van der Waals surface area (Å²) in [5, 5.41) is 10.2. The number of amides is 1. The maximum atomic E-state index is 12.3. The van der Waals surface area contributed by atoms with Gasteiger partial charge in [-0.05, 0) is 37.4 Å². The van der Waals surface area contributed by atoms with Crippen molar-refractivity contribution in [3.8, 4) is 11.5 Å². The highest BCUT2D eigenvalue weighted by molar-refractivity contribution is 7.98. The summed E-state index contributed by atoms with van der Waals surface area (Å²) in [5.74, 6) is -0.533. The molecule has 146 valence electrons. The quantitative estimate of drug-likeness (QED) is 0.586. The molecule has 7 nitrogen and oxygen atoms in total. The van der Waals surface area contributed by atoms with E-state index in [0.717, 1.165) is 16.0 Å². The van der Waals surface area contributed by atoms with Crippen LogP contribution in [0.5, 0.6) is 0 Å². The molecular weight excluding hydrogens is 398 g/mol. The second kappa shape index (κ2) is 8.57. The molecule has 0 bridgehead atoms. The van der Waals surface area contributed by atoms with Gasteiger partial charge in [0, 0.05) is 11.3 Å². The molecule has 3 aromatic rings. The van der Waals surface area contributed by atoms with Crippen molar-refractivity contribution in [3.05, 3.63) is 54.1 Å². The molecule has 0 radical (unpaired) electrons. The minimum Gasteiger partial charge on any atom is -0.403 e. The molecule has 0 unspecified atom stereocenters. The van der Waals surface area contributed by atoms with Crippen LogP contribution in [0.2, 0.25) is 0 Å². The number of carbonyl (C=O) groups is 1. The third kappa shape index (κ3) is 4.79. The number of carbonyl (C=O) groups excluding carboxylic acids is 1. The molecular formula is C19H19N3O4S2. The van der Waals surface area contributed by atoms with Crippen LogP contribution in [0.4, 0.5) is 6.01 Å². The lowest BCUT2D eigenvalue weighted by atomic mass is 10.2. The monoisotopic (exact) mass is 417 g/mol. The van der Waals surface area contributed by atoms with E-state index >= 15 is 0 Å². The normalized spacial score (nSPS) is 11.4. The van der Waals surface area contributed by atoms with Crippen LogP contribution in [0.3, 0.4) is 0 Å². The highest BCUT2D eigenvalue weighted by atomic mass is 32.2. The molecule has 0 saturated heterocycles. The average Bonchev–Trinajstić information content (AvgIpc) is 3.15. The molecule has 0 saturated carbocycles. The Hall–Kier alpha value is -2.65. The highest BCUT2D eigenvalue weighted by Gasteiger charge is 2.18. The number of thioether (sulfide) groups is 1. The number of nitrogens with zero attached hydrogens (tertiary/aromatic N) is 2. The standard InChI is InChI=1S/C19H19N3O4S2/c1-13-7-9-14(10-8-13)28(24,25)12-11-17(23)20-19-22-21-18(26-19)15-5-3-4-6-16(15)27-2/h3-10H,11-12H2,1-2H3,(H,20,22,23). The SMILES string of the molecule is CSc1ccccc1-c1nnc(NC(=O)CCS(=O)(=O)c2ccc(C)cc2)o1. The first-order valence-corrected chi connectivity index (χ1v) is 11.3. The number of hydrogen-bond donors (Lipinski definition) is 1. The van der Waals surface area contributed by atoms with Gasteiger partial charge in [-0.15, -0.1) is 16.9 Å². The topological polar surface area (TPSA) is 102 Å². The molecule has 1 amide bonds. The van der Waals surface area contributed by atoms with Gasteiger partial charge < -0.3 is 4.42 Å². The van der Waals surface area contributed by atoms with E-state index in [0.29, 0.717) is 0 Å². The fourth-order valence-electron chi connectivity index (χ4n) is 2.48.